The van der Waals surface area contributed by atoms with Crippen molar-refractivity contribution in [1.82, 2.24) is 4.90 Å². The number of Topliss-reactive ketones (excluding diaryl/α,β-unsaturated/α-hetero) is 2. The molecule has 0 aliphatic heterocycles. The first-order valence-electron chi connectivity index (χ1n) is 12.8. The smallest absolute Gasteiger partial charge is 0.255 e. The molecule has 1 saturated carbocycles. The number of carbonyl (C=O) groups is 3. The summed E-state index contributed by atoms with van der Waals surface area (Å²) in [7, 11) is 6.82. The van der Waals surface area contributed by atoms with Gasteiger partial charge in [0, 0.05) is 44.0 Å². The maximum absolute atomic E-state index is 14.1. The Morgan fingerprint density at radius 2 is 1.71 bits per heavy atom. The Labute approximate surface area is 263 Å². The van der Waals surface area contributed by atoms with Crippen LogP contribution < -0.4 is 10.6 Å². The summed E-state index contributed by atoms with van der Waals surface area (Å²) in [4.78, 5) is 42.9. The van der Waals surface area contributed by atoms with Gasteiger partial charge in [-0.2, -0.15) is 0 Å². The fraction of sp³-hybridized carbons (Fsp3) is 0.345. The summed E-state index contributed by atoms with van der Waals surface area (Å²) in [6.45, 7) is 0. The number of hydrogen-bond donors (Lipinski definition) is 5. The number of benzene rings is 2. The number of aliphatic hydroxyl groups is 3. The van der Waals surface area contributed by atoms with Crippen molar-refractivity contribution in [3.05, 3.63) is 59.4 Å². The molecule has 0 bridgehead atoms. The van der Waals surface area contributed by atoms with Gasteiger partial charge < -0.3 is 31.1 Å². The van der Waals surface area contributed by atoms with Gasteiger partial charge in [0.25, 0.3) is 5.91 Å². The van der Waals surface area contributed by atoms with Crippen LogP contribution in [0, 0.1) is 19.0 Å². The van der Waals surface area contributed by atoms with Gasteiger partial charge in [0.15, 0.2) is 11.4 Å². The average molecular weight is 785 g/mol. The van der Waals surface area contributed by atoms with Gasteiger partial charge in [-0.1, -0.05) is 6.07 Å². The SMILES string of the molecule is CN(C)c1cc(-c2ccc(I)c(I)c2)c(O)c2c1C[C@H]1C[C@H]3[C@H](N(C)C)C(=O)C(C(N)=O)=C(O)[C@@]3(O)C(=O)C1=C2O. The molecule has 1 amide bonds. The van der Waals surface area contributed by atoms with Gasteiger partial charge in [0.2, 0.25) is 5.78 Å². The zero-order chi connectivity index (χ0) is 30.3. The number of primary amides is 1. The van der Waals surface area contributed by atoms with Gasteiger partial charge in [-0.3, -0.25) is 19.3 Å². The predicted octanol–water partition coefficient (Wildman–Crippen LogP) is 2.91. The standard InChI is InChI=1S/C29H29I2N3O7/c1-33(2)18-10-13(11-5-6-16(30)17(31)9-11)23(35)20-14(18)7-12-8-15-22(34(3)4)25(37)21(28(32)40)27(39)29(15,41)26(38)19(12)24(20)36/h5-6,9-10,12,15,22,35-36,39,41H,7-8H2,1-4H3,(H2,32,40)/t12-,15-,22-,29-/m0/s1. The lowest BCUT2D eigenvalue weighted by Crippen LogP contribution is -2.65. The number of hydrogen-bond acceptors (Lipinski definition) is 9. The number of carbonyl (C=O) groups excluding carboxylic acids is 3. The Balaban J connectivity index is 1.78. The van der Waals surface area contributed by atoms with Crippen LogP contribution in [0.1, 0.15) is 17.5 Å². The van der Waals surface area contributed by atoms with E-state index in [2.05, 4.69) is 45.2 Å². The molecular formula is C29H29I2N3O7. The quantitative estimate of drug-likeness (QED) is 0.232. The van der Waals surface area contributed by atoms with Crippen molar-refractivity contribution in [2.75, 3.05) is 33.1 Å². The molecule has 0 saturated heterocycles. The number of aliphatic hydroxyl groups excluding tert-OH is 2. The zero-order valence-corrected chi connectivity index (χ0v) is 27.0. The summed E-state index contributed by atoms with van der Waals surface area (Å²) in [5.74, 6) is -6.67. The number of aromatic hydroxyl groups is 1. The van der Waals surface area contributed by atoms with E-state index in [0.717, 1.165) is 12.8 Å². The Kier molecular flexibility index (Phi) is 7.44. The van der Waals surface area contributed by atoms with Gasteiger partial charge in [0.05, 0.1) is 11.6 Å². The van der Waals surface area contributed by atoms with Crippen LogP contribution in [-0.4, -0.2) is 82.6 Å². The van der Waals surface area contributed by atoms with E-state index in [4.69, 9.17) is 5.73 Å². The van der Waals surface area contributed by atoms with Crippen LogP contribution in [0.5, 0.6) is 5.75 Å². The van der Waals surface area contributed by atoms with Crippen molar-refractivity contribution in [2.24, 2.45) is 17.6 Å². The molecule has 6 N–H and O–H groups in total. The van der Waals surface area contributed by atoms with Gasteiger partial charge in [-0.05, 0) is 107 Å². The van der Waals surface area contributed by atoms with Crippen molar-refractivity contribution in [2.45, 2.75) is 24.5 Å². The van der Waals surface area contributed by atoms with Crippen LogP contribution in [-0.2, 0) is 20.8 Å². The van der Waals surface area contributed by atoms with Crippen molar-refractivity contribution in [3.8, 4) is 16.9 Å². The van der Waals surface area contributed by atoms with Gasteiger partial charge >= 0.3 is 0 Å². The zero-order valence-electron chi connectivity index (χ0n) is 22.7. The lowest BCUT2D eigenvalue weighted by atomic mass is 9.57. The van der Waals surface area contributed by atoms with E-state index >= 15 is 0 Å². The highest BCUT2D eigenvalue weighted by Gasteiger charge is 2.64. The molecule has 0 aromatic heterocycles. The Bertz CT molecular complexity index is 1610. The van der Waals surface area contributed by atoms with Crippen LogP contribution in [0.3, 0.4) is 0 Å². The summed E-state index contributed by atoms with van der Waals surface area (Å²) >= 11 is 4.41. The third kappa shape index (κ3) is 4.28. The molecule has 4 atom stereocenters. The van der Waals surface area contributed by atoms with E-state index < -0.39 is 58.0 Å². The fourth-order valence-corrected chi connectivity index (χ4v) is 7.43. The van der Waals surface area contributed by atoms with Crippen molar-refractivity contribution < 1.29 is 34.8 Å². The molecule has 0 heterocycles. The number of fused-ring (bicyclic) bond motifs is 3. The minimum absolute atomic E-state index is 0.0382. The average Bonchev–Trinajstić information content (AvgIpc) is 2.87. The monoisotopic (exact) mass is 785 g/mol. The lowest BCUT2D eigenvalue weighted by molar-refractivity contribution is -0.153. The Morgan fingerprint density at radius 3 is 2.27 bits per heavy atom. The summed E-state index contributed by atoms with van der Waals surface area (Å²) < 4.78 is 2.00. The second-order valence-corrected chi connectivity index (χ2v) is 13.5. The number of anilines is 1. The molecule has 41 heavy (non-hydrogen) atoms. The number of likely N-dealkylation sites (N-methyl/N-ethyl adjacent to an activating group) is 1. The summed E-state index contributed by atoms with van der Waals surface area (Å²) in [5.41, 5.74) is 4.27. The molecule has 1 fully saturated rings. The Morgan fingerprint density at radius 1 is 1.05 bits per heavy atom. The van der Waals surface area contributed by atoms with E-state index in [1.165, 1.54) is 4.90 Å². The maximum atomic E-state index is 14.1. The minimum Gasteiger partial charge on any atom is -0.508 e. The van der Waals surface area contributed by atoms with Crippen molar-refractivity contribution in [3.63, 3.8) is 0 Å². The highest BCUT2D eigenvalue weighted by Crippen LogP contribution is 2.55. The molecule has 0 spiro atoms. The molecule has 12 heteroatoms. The van der Waals surface area contributed by atoms with Gasteiger partial charge in [0.1, 0.15) is 22.8 Å². The third-order valence-corrected chi connectivity index (χ3v) is 11.3. The van der Waals surface area contributed by atoms with Gasteiger partial charge in [-0.15, -0.1) is 0 Å². The van der Waals surface area contributed by atoms with Crippen LogP contribution in [0.15, 0.2) is 41.2 Å². The largest absolute Gasteiger partial charge is 0.508 e. The third-order valence-electron chi connectivity index (χ3n) is 8.41. The summed E-state index contributed by atoms with van der Waals surface area (Å²) in [6.07, 6.45) is 0.260. The summed E-state index contributed by atoms with van der Waals surface area (Å²) in [5, 5.41) is 46.1. The second kappa shape index (κ2) is 10.2. The highest BCUT2D eigenvalue weighted by molar-refractivity contribution is 14.1. The predicted molar refractivity (Wildman–Crippen MR) is 169 cm³/mol. The van der Waals surface area contributed by atoms with Crippen molar-refractivity contribution >= 4 is 74.1 Å². The number of amides is 1. The van der Waals surface area contributed by atoms with Crippen LogP contribution in [0.2, 0.25) is 0 Å². The van der Waals surface area contributed by atoms with E-state index in [0.29, 0.717) is 16.7 Å². The normalized spacial score (nSPS) is 25.7. The molecule has 216 valence electrons. The number of halogens is 2. The fourth-order valence-electron chi connectivity index (χ4n) is 6.57. The minimum atomic E-state index is -2.67. The molecule has 2 aromatic carbocycles. The highest BCUT2D eigenvalue weighted by atomic mass is 127. The molecule has 3 aliphatic rings. The van der Waals surface area contributed by atoms with Crippen LogP contribution in [0.4, 0.5) is 5.69 Å². The topological polar surface area (TPSA) is 165 Å². The first-order valence-corrected chi connectivity index (χ1v) is 14.9. The Hall–Kier alpha value is -2.69. The molecule has 10 nitrogen and oxygen atoms in total. The number of nitrogens with zero attached hydrogens (tertiary/aromatic N) is 2. The maximum Gasteiger partial charge on any atom is 0.255 e. The number of ketones is 2. The van der Waals surface area contributed by atoms with E-state index in [1.807, 2.05) is 43.3 Å². The van der Waals surface area contributed by atoms with Crippen LogP contribution in [0.25, 0.3) is 16.9 Å². The van der Waals surface area contributed by atoms with E-state index in [1.54, 1.807) is 14.1 Å². The number of rotatable bonds is 4. The first kappa shape index (κ1) is 29.8. The first-order chi connectivity index (χ1) is 19.1. The van der Waals surface area contributed by atoms with Gasteiger partial charge in [-0.25, -0.2) is 0 Å². The summed E-state index contributed by atoms with van der Waals surface area (Å²) in [6, 6.07) is 6.39. The molecule has 2 aromatic rings. The van der Waals surface area contributed by atoms with Crippen LogP contribution >= 0.6 is 45.2 Å². The molecule has 5 rings (SSSR count). The number of phenols is 1. The molecular weight excluding hydrogens is 756 g/mol. The number of phenolic OH excluding ortho intramolecular Hbond substituents is 1. The molecule has 3 aliphatic carbocycles. The lowest BCUT2D eigenvalue weighted by Gasteiger charge is -2.50. The van der Waals surface area contributed by atoms with E-state index in [-0.39, 0.29) is 29.7 Å². The van der Waals surface area contributed by atoms with E-state index in [9.17, 15) is 34.8 Å². The molecule has 0 radical (unpaired) electrons. The number of nitrogens with two attached hydrogens (primary N) is 1. The second-order valence-electron chi connectivity index (χ2n) is 11.1. The molecule has 0 unspecified atom stereocenters. The van der Waals surface area contributed by atoms with Crippen molar-refractivity contribution in [1.29, 1.82) is 0 Å².